The van der Waals surface area contributed by atoms with Crippen LogP contribution in [0.15, 0.2) is 60.7 Å². The summed E-state index contributed by atoms with van der Waals surface area (Å²) in [6.45, 7) is 0.00124. The summed E-state index contributed by atoms with van der Waals surface area (Å²) in [6, 6.07) is 16.5. The van der Waals surface area contributed by atoms with E-state index in [4.69, 9.17) is 9.47 Å². The molecular formula is C22H23BrN2O6. The van der Waals surface area contributed by atoms with E-state index >= 15 is 0 Å². The number of aliphatic hydroxyl groups is 2. The molecular weight excluding hydrogens is 468 g/mol. The molecule has 8 nitrogen and oxygen atoms in total. The largest absolute Gasteiger partial charge is 0.443 e. The van der Waals surface area contributed by atoms with E-state index in [1.807, 2.05) is 48.5 Å². The standard InChI is InChI=1S/C22H23BrN2O6/c23-16-11-17-20(27)18(19(16)26)25(22(29)31-13-15-9-5-2-6-10-15)24(17)21(28)30-12-14-7-3-1-4-8-14/h1-10,16-20,26-27H,11-13H2/t16-,17-,18+,19-,20+/m1/s1. The Morgan fingerprint density at radius 2 is 1.32 bits per heavy atom. The van der Waals surface area contributed by atoms with Gasteiger partial charge in [0.05, 0.1) is 12.1 Å². The third kappa shape index (κ3) is 4.39. The van der Waals surface area contributed by atoms with Crippen LogP contribution in [-0.2, 0) is 22.7 Å². The lowest BCUT2D eigenvalue weighted by Gasteiger charge is -2.33. The van der Waals surface area contributed by atoms with Crippen LogP contribution in [0.1, 0.15) is 17.5 Å². The molecule has 2 aromatic carbocycles. The van der Waals surface area contributed by atoms with Crippen molar-refractivity contribution in [3.8, 4) is 0 Å². The number of carbonyl (C=O) groups is 2. The van der Waals surface area contributed by atoms with Crippen molar-refractivity contribution in [2.24, 2.45) is 0 Å². The number of hydrogen-bond donors (Lipinski definition) is 2. The molecule has 0 spiro atoms. The van der Waals surface area contributed by atoms with Crippen LogP contribution < -0.4 is 0 Å². The quantitative estimate of drug-likeness (QED) is 0.639. The second-order valence-electron chi connectivity index (χ2n) is 7.56. The number of aliphatic hydroxyl groups excluding tert-OH is 2. The lowest BCUT2D eigenvalue weighted by Crippen LogP contribution is -2.54. The minimum Gasteiger partial charge on any atom is -0.443 e. The van der Waals surface area contributed by atoms with Gasteiger partial charge in [-0.2, -0.15) is 0 Å². The maximum Gasteiger partial charge on any atom is 0.429 e. The maximum absolute atomic E-state index is 13.0. The highest BCUT2D eigenvalue weighted by Crippen LogP contribution is 2.40. The van der Waals surface area contributed by atoms with Crippen molar-refractivity contribution in [2.75, 3.05) is 0 Å². The molecule has 4 rings (SSSR count). The zero-order chi connectivity index (χ0) is 22.0. The van der Waals surface area contributed by atoms with Crippen LogP contribution in [0.4, 0.5) is 9.59 Å². The Labute approximate surface area is 188 Å². The number of carbonyl (C=O) groups excluding carboxylic acids is 2. The number of nitrogens with zero attached hydrogens (tertiary/aromatic N) is 2. The van der Waals surface area contributed by atoms with Gasteiger partial charge in [-0.25, -0.2) is 19.6 Å². The Balaban J connectivity index is 1.53. The molecule has 1 aliphatic heterocycles. The molecule has 2 fully saturated rings. The van der Waals surface area contributed by atoms with E-state index in [1.54, 1.807) is 12.1 Å². The molecule has 5 atom stereocenters. The van der Waals surface area contributed by atoms with Crippen molar-refractivity contribution in [1.82, 2.24) is 10.0 Å². The van der Waals surface area contributed by atoms with Gasteiger partial charge in [-0.1, -0.05) is 76.6 Å². The fourth-order valence-corrected chi connectivity index (χ4v) is 4.69. The van der Waals surface area contributed by atoms with Crippen molar-refractivity contribution in [3.63, 3.8) is 0 Å². The fourth-order valence-electron chi connectivity index (χ4n) is 3.99. The predicted molar refractivity (Wildman–Crippen MR) is 114 cm³/mol. The van der Waals surface area contributed by atoms with E-state index < -0.39 is 41.3 Å². The highest BCUT2D eigenvalue weighted by Gasteiger charge is 2.60. The zero-order valence-corrected chi connectivity index (χ0v) is 18.2. The summed E-state index contributed by atoms with van der Waals surface area (Å²) in [5.41, 5.74) is 1.56. The number of alkyl halides is 1. The average Bonchev–Trinajstić information content (AvgIpc) is 3.01. The monoisotopic (exact) mass is 490 g/mol. The summed E-state index contributed by atoms with van der Waals surface area (Å²) >= 11 is 3.39. The van der Waals surface area contributed by atoms with Gasteiger partial charge in [-0.15, -0.1) is 0 Å². The van der Waals surface area contributed by atoms with Crippen LogP contribution in [0.25, 0.3) is 0 Å². The molecule has 0 aromatic heterocycles. The van der Waals surface area contributed by atoms with E-state index in [2.05, 4.69) is 15.9 Å². The number of rotatable bonds is 4. The van der Waals surface area contributed by atoms with Gasteiger partial charge in [-0.05, 0) is 17.5 Å². The summed E-state index contributed by atoms with van der Waals surface area (Å²) in [5, 5.41) is 23.4. The van der Waals surface area contributed by atoms with Gasteiger partial charge in [0.25, 0.3) is 0 Å². The van der Waals surface area contributed by atoms with Gasteiger partial charge in [0.15, 0.2) is 0 Å². The number of benzene rings is 2. The molecule has 1 aliphatic carbocycles. The van der Waals surface area contributed by atoms with Crippen LogP contribution >= 0.6 is 15.9 Å². The van der Waals surface area contributed by atoms with Crippen LogP contribution in [0.5, 0.6) is 0 Å². The minimum atomic E-state index is -1.13. The summed E-state index contributed by atoms with van der Waals surface area (Å²) in [5.74, 6) is 0. The first-order chi connectivity index (χ1) is 15.0. The zero-order valence-electron chi connectivity index (χ0n) is 16.6. The highest BCUT2D eigenvalue weighted by atomic mass is 79.9. The molecule has 1 saturated heterocycles. The van der Waals surface area contributed by atoms with Gasteiger partial charge >= 0.3 is 12.2 Å². The molecule has 31 heavy (non-hydrogen) atoms. The molecule has 0 unspecified atom stereocenters. The Kier molecular flexibility index (Phi) is 6.45. The molecule has 1 saturated carbocycles. The second-order valence-corrected chi connectivity index (χ2v) is 8.74. The van der Waals surface area contributed by atoms with E-state index in [9.17, 15) is 19.8 Å². The fraction of sp³-hybridized carbons (Fsp3) is 0.364. The van der Waals surface area contributed by atoms with Crippen LogP contribution in [0.2, 0.25) is 0 Å². The van der Waals surface area contributed by atoms with Gasteiger partial charge in [-0.3, -0.25) is 0 Å². The maximum atomic E-state index is 13.0. The second kappa shape index (κ2) is 9.25. The summed E-state index contributed by atoms with van der Waals surface area (Å²) < 4.78 is 10.8. The molecule has 2 aliphatic rings. The lowest BCUT2D eigenvalue weighted by molar-refractivity contribution is -0.0411. The first kappa shape index (κ1) is 21.6. The van der Waals surface area contributed by atoms with Gasteiger partial charge in [0.2, 0.25) is 0 Å². The number of amides is 2. The third-order valence-electron chi connectivity index (χ3n) is 5.54. The van der Waals surface area contributed by atoms with Crippen molar-refractivity contribution < 1.29 is 29.3 Å². The van der Waals surface area contributed by atoms with Crippen molar-refractivity contribution >= 4 is 28.1 Å². The van der Waals surface area contributed by atoms with Crippen LogP contribution in [0, 0.1) is 0 Å². The summed E-state index contributed by atoms with van der Waals surface area (Å²) in [6.07, 6.45) is -3.59. The number of hydrogen-bond acceptors (Lipinski definition) is 6. The average molecular weight is 491 g/mol. The molecule has 2 aromatic rings. The number of hydrazine groups is 1. The summed E-state index contributed by atoms with van der Waals surface area (Å²) in [4.78, 5) is 25.5. The molecule has 2 amide bonds. The minimum absolute atomic E-state index is 0.00953. The lowest BCUT2D eigenvalue weighted by atomic mass is 9.88. The van der Waals surface area contributed by atoms with Crippen molar-refractivity contribution in [2.45, 2.75) is 48.8 Å². The molecule has 0 radical (unpaired) electrons. The first-order valence-electron chi connectivity index (χ1n) is 9.97. The molecule has 2 bridgehead atoms. The molecule has 9 heteroatoms. The van der Waals surface area contributed by atoms with E-state index in [-0.39, 0.29) is 19.6 Å². The summed E-state index contributed by atoms with van der Waals surface area (Å²) in [7, 11) is 0. The Hall–Kier alpha value is -2.62. The Bertz CT molecular complexity index is 915. The van der Waals surface area contributed by atoms with Gasteiger partial charge < -0.3 is 19.7 Å². The van der Waals surface area contributed by atoms with E-state index in [0.29, 0.717) is 0 Å². The van der Waals surface area contributed by atoms with Crippen LogP contribution in [0.3, 0.4) is 0 Å². The van der Waals surface area contributed by atoms with Crippen molar-refractivity contribution in [3.05, 3.63) is 71.8 Å². The Morgan fingerprint density at radius 1 is 0.839 bits per heavy atom. The SMILES string of the molecule is O=C(OCc1ccccc1)N1[C@@H]2[C@@H](O)[C@@H](C[C@@H](Br)[C@H]2O)N1C(=O)OCc1ccccc1. The van der Waals surface area contributed by atoms with E-state index in [1.165, 1.54) is 0 Å². The van der Waals surface area contributed by atoms with E-state index in [0.717, 1.165) is 21.1 Å². The number of halogens is 1. The normalized spacial score (nSPS) is 27.1. The first-order valence-corrected chi connectivity index (χ1v) is 10.9. The van der Waals surface area contributed by atoms with Gasteiger partial charge in [0.1, 0.15) is 25.4 Å². The van der Waals surface area contributed by atoms with Crippen LogP contribution in [-0.4, -0.2) is 61.5 Å². The smallest absolute Gasteiger partial charge is 0.429 e. The predicted octanol–water partition coefficient (Wildman–Crippen LogP) is 2.82. The van der Waals surface area contributed by atoms with Gasteiger partial charge in [0, 0.05) is 4.83 Å². The molecule has 1 heterocycles. The topological polar surface area (TPSA) is 99.5 Å². The highest BCUT2D eigenvalue weighted by molar-refractivity contribution is 9.09. The number of fused-ring (bicyclic) bond motifs is 2. The number of ether oxygens (including phenoxy) is 2. The van der Waals surface area contributed by atoms with Crippen molar-refractivity contribution in [1.29, 1.82) is 0 Å². The Morgan fingerprint density at radius 3 is 1.84 bits per heavy atom. The third-order valence-corrected chi connectivity index (χ3v) is 6.46. The molecule has 2 N–H and O–H groups in total. The molecule has 164 valence electrons.